The summed E-state index contributed by atoms with van der Waals surface area (Å²) in [5.74, 6) is -0.349. The van der Waals surface area contributed by atoms with Gasteiger partial charge in [-0.15, -0.1) is 0 Å². The number of esters is 1. The lowest BCUT2D eigenvalue weighted by molar-refractivity contribution is 0.0526. The summed E-state index contributed by atoms with van der Waals surface area (Å²) in [5.41, 5.74) is 3.20. The molecule has 4 nitrogen and oxygen atoms in total. The zero-order valence-corrected chi connectivity index (χ0v) is 12.9. The molecule has 0 fully saturated rings. The number of benzene rings is 2. The van der Waals surface area contributed by atoms with Crippen LogP contribution in [-0.2, 0) is 11.3 Å². The molecule has 0 N–H and O–H groups in total. The van der Waals surface area contributed by atoms with E-state index < -0.39 is 0 Å². The van der Waals surface area contributed by atoms with Crippen LogP contribution in [0.3, 0.4) is 0 Å². The maximum Gasteiger partial charge on any atom is 0.338 e. The third kappa shape index (κ3) is 2.83. The minimum atomic E-state index is -0.349. The minimum Gasteiger partial charge on any atom is -0.462 e. The van der Waals surface area contributed by atoms with Crippen LogP contribution in [0.25, 0.3) is 11.0 Å². The molecule has 3 rings (SSSR count). The first-order valence-electron chi connectivity index (χ1n) is 7.06. The standard InChI is InChI=1S/C17H15ClN2O2/c1-2-22-16(21)13-8-9-15-14(10-13)19-17(18)20(15)11-12-6-4-3-5-7-12/h3-10H,2,11H2,1H3. The molecule has 0 aliphatic heterocycles. The maximum atomic E-state index is 11.8. The highest BCUT2D eigenvalue weighted by atomic mass is 35.5. The third-order valence-electron chi connectivity index (χ3n) is 3.40. The van der Waals surface area contributed by atoms with E-state index in [4.69, 9.17) is 16.3 Å². The lowest BCUT2D eigenvalue weighted by Gasteiger charge is -2.06. The topological polar surface area (TPSA) is 44.1 Å². The number of nitrogens with zero attached hydrogens (tertiary/aromatic N) is 2. The predicted octanol–water partition coefficient (Wildman–Crippen LogP) is 3.91. The second-order valence-corrected chi connectivity index (χ2v) is 5.21. The van der Waals surface area contributed by atoms with Crippen LogP contribution in [0.1, 0.15) is 22.8 Å². The lowest BCUT2D eigenvalue weighted by Crippen LogP contribution is -2.04. The summed E-state index contributed by atoms with van der Waals surface area (Å²) in [6.07, 6.45) is 0. The van der Waals surface area contributed by atoms with Gasteiger partial charge in [0.1, 0.15) is 0 Å². The van der Waals surface area contributed by atoms with Crippen LogP contribution in [-0.4, -0.2) is 22.1 Å². The second kappa shape index (κ2) is 6.20. The summed E-state index contributed by atoms with van der Waals surface area (Å²) in [5, 5.41) is 0.403. The Morgan fingerprint density at radius 3 is 2.73 bits per heavy atom. The molecule has 1 aromatic heterocycles. The molecular weight excluding hydrogens is 300 g/mol. The Morgan fingerprint density at radius 2 is 2.00 bits per heavy atom. The van der Waals surface area contributed by atoms with Gasteiger partial charge < -0.3 is 9.30 Å². The Hall–Kier alpha value is -2.33. The van der Waals surface area contributed by atoms with E-state index in [-0.39, 0.29) is 5.97 Å². The Balaban J connectivity index is 1.98. The van der Waals surface area contributed by atoms with Gasteiger partial charge in [-0.25, -0.2) is 9.78 Å². The molecule has 0 aliphatic rings. The number of hydrogen-bond acceptors (Lipinski definition) is 3. The van der Waals surface area contributed by atoms with E-state index >= 15 is 0 Å². The van der Waals surface area contributed by atoms with Gasteiger partial charge in [-0.3, -0.25) is 0 Å². The van der Waals surface area contributed by atoms with Crippen molar-refractivity contribution in [3.63, 3.8) is 0 Å². The average molecular weight is 315 g/mol. The van der Waals surface area contributed by atoms with Crippen molar-refractivity contribution in [2.24, 2.45) is 0 Å². The molecule has 2 aromatic carbocycles. The third-order valence-corrected chi connectivity index (χ3v) is 3.68. The van der Waals surface area contributed by atoms with E-state index in [1.807, 2.05) is 41.0 Å². The van der Waals surface area contributed by atoms with Crippen molar-refractivity contribution in [2.45, 2.75) is 13.5 Å². The van der Waals surface area contributed by atoms with Gasteiger partial charge in [0, 0.05) is 0 Å². The van der Waals surface area contributed by atoms with Gasteiger partial charge >= 0.3 is 5.97 Å². The Bertz CT molecular complexity index is 812. The van der Waals surface area contributed by atoms with Crippen molar-refractivity contribution in [3.8, 4) is 0 Å². The number of aromatic nitrogens is 2. The number of carbonyl (C=O) groups excluding carboxylic acids is 1. The summed E-state index contributed by atoms with van der Waals surface area (Å²) in [6.45, 7) is 2.76. The monoisotopic (exact) mass is 314 g/mol. The van der Waals surface area contributed by atoms with E-state index in [0.29, 0.717) is 29.5 Å². The normalized spacial score (nSPS) is 10.8. The van der Waals surface area contributed by atoms with Crippen LogP contribution < -0.4 is 0 Å². The zero-order chi connectivity index (χ0) is 15.5. The van der Waals surface area contributed by atoms with Crippen LogP contribution in [0.15, 0.2) is 48.5 Å². The van der Waals surface area contributed by atoms with Gasteiger partial charge in [-0.05, 0) is 42.3 Å². The van der Waals surface area contributed by atoms with Crippen molar-refractivity contribution in [3.05, 3.63) is 64.9 Å². The molecule has 112 valence electrons. The highest BCUT2D eigenvalue weighted by molar-refractivity contribution is 6.29. The van der Waals surface area contributed by atoms with E-state index in [9.17, 15) is 4.79 Å². The SMILES string of the molecule is CCOC(=O)c1ccc2c(c1)nc(Cl)n2Cc1ccccc1. The Labute approximate surface area is 133 Å². The fourth-order valence-electron chi connectivity index (χ4n) is 2.36. The predicted molar refractivity (Wildman–Crippen MR) is 86.2 cm³/mol. The van der Waals surface area contributed by atoms with E-state index in [1.54, 1.807) is 19.1 Å². The molecule has 0 amide bonds. The first-order chi connectivity index (χ1) is 10.7. The molecule has 3 aromatic rings. The molecule has 0 aliphatic carbocycles. The fraction of sp³-hybridized carbons (Fsp3) is 0.176. The summed E-state index contributed by atoms with van der Waals surface area (Å²) >= 11 is 6.25. The number of halogens is 1. The summed E-state index contributed by atoms with van der Waals surface area (Å²) in [6, 6.07) is 15.3. The van der Waals surface area contributed by atoms with Crippen molar-refractivity contribution in [1.29, 1.82) is 0 Å². The van der Waals surface area contributed by atoms with Gasteiger partial charge in [0.25, 0.3) is 0 Å². The summed E-state index contributed by atoms with van der Waals surface area (Å²) in [4.78, 5) is 16.1. The zero-order valence-electron chi connectivity index (χ0n) is 12.1. The molecule has 1 heterocycles. The van der Waals surface area contributed by atoms with Gasteiger partial charge in [0.2, 0.25) is 5.28 Å². The number of ether oxygens (including phenoxy) is 1. The van der Waals surface area contributed by atoms with Crippen LogP contribution in [0, 0.1) is 0 Å². The maximum absolute atomic E-state index is 11.8. The number of fused-ring (bicyclic) bond motifs is 1. The Morgan fingerprint density at radius 1 is 1.23 bits per heavy atom. The van der Waals surface area contributed by atoms with Crippen LogP contribution >= 0.6 is 11.6 Å². The van der Waals surface area contributed by atoms with Crippen molar-refractivity contribution < 1.29 is 9.53 Å². The van der Waals surface area contributed by atoms with Crippen LogP contribution in [0.5, 0.6) is 0 Å². The molecule has 0 spiro atoms. The quantitative estimate of drug-likeness (QED) is 0.686. The Kier molecular flexibility index (Phi) is 4.11. The molecule has 5 heteroatoms. The van der Waals surface area contributed by atoms with Gasteiger partial charge in [-0.2, -0.15) is 0 Å². The van der Waals surface area contributed by atoms with E-state index in [0.717, 1.165) is 11.1 Å². The van der Waals surface area contributed by atoms with Gasteiger partial charge in [-0.1, -0.05) is 30.3 Å². The largest absolute Gasteiger partial charge is 0.462 e. The number of hydrogen-bond donors (Lipinski definition) is 0. The average Bonchev–Trinajstić information content (AvgIpc) is 2.84. The minimum absolute atomic E-state index is 0.347. The number of carbonyl (C=O) groups is 1. The molecule has 0 bridgehead atoms. The smallest absolute Gasteiger partial charge is 0.338 e. The highest BCUT2D eigenvalue weighted by Crippen LogP contribution is 2.22. The second-order valence-electron chi connectivity index (χ2n) is 4.88. The molecule has 0 saturated heterocycles. The molecule has 0 unspecified atom stereocenters. The number of rotatable bonds is 4. The van der Waals surface area contributed by atoms with Crippen molar-refractivity contribution in [1.82, 2.24) is 9.55 Å². The van der Waals surface area contributed by atoms with Crippen molar-refractivity contribution >= 4 is 28.6 Å². The van der Waals surface area contributed by atoms with Crippen molar-refractivity contribution in [2.75, 3.05) is 6.61 Å². The van der Waals surface area contributed by atoms with E-state index in [1.165, 1.54) is 0 Å². The van der Waals surface area contributed by atoms with Crippen LogP contribution in [0.2, 0.25) is 5.28 Å². The highest BCUT2D eigenvalue weighted by Gasteiger charge is 2.13. The molecule has 0 saturated carbocycles. The summed E-state index contributed by atoms with van der Waals surface area (Å²) in [7, 11) is 0. The number of imidazole rings is 1. The molecule has 0 radical (unpaired) electrons. The molecular formula is C17H15ClN2O2. The molecule has 0 atom stereocenters. The summed E-state index contributed by atoms with van der Waals surface area (Å²) < 4.78 is 6.92. The fourth-order valence-corrected chi connectivity index (χ4v) is 2.60. The van der Waals surface area contributed by atoms with Gasteiger partial charge in [0.05, 0.1) is 29.7 Å². The van der Waals surface area contributed by atoms with Gasteiger partial charge in [0.15, 0.2) is 0 Å². The van der Waals surface area contributed by atoms with E-state index in [2.05, 4.69) is 4.98 Å². The first kappa shape index (κ1) is 14.6. The molecule has 22 heavy (non-hydrogen) atoms. The lowest BCUT2D eigenvalue weighted by atomic mass is 10.2. The first-order valence-corrected chi connectivity index (χ1v) is 7.43. The van der Waals surface area contributed by atoms with Crippen LogP contribution in [0.4, 0.5) is 0 Å².